The van der Waals surface area contributed by atoms with Crippen molar-refractivity contribution < 1.29 is 0 Å². The molecule has 1 aromatic carbocycles. The molecule has 0 bridgehead atoms. The fourth-order valence-corrected chi connectivity index (χ4v) is 2.62. The van der Waals surface area contributed by atoms with E-state index in [4.69, 9.17) is 0 Å². The monoisotopic (exact) mass is 281 g/mol. The van der Waals surface area contributed by atoms with Gasteiger partial charge in [-0.05, 0) is 51.5 Å². The Morgan fingerprint density at radius 3 is 2.80 bits per heavy atom. The largest absolute Gasteiger partial charge is 0.381 e. The molecule has 1 aromatic heterocycles. The molecule has 2 rings (SSSR count). The maximum Gasteiger partial charge on any atom is 0.0701 e. The van der Waals surface area contributed by atoms with Gasteiger partial charge in [-0.3, -0.25) is 0 Å². The first-order valence-electron chi connectivity index (χ1n) is 4.78. The SMILES string of the molecule is Cc1ccccc1NCc1csc(Br)c1. The Labute approximate surface area is 102 Å². The second kappa shape index (κ2) is 4.81. The average molecular weight is 282 g/mol. The van der Waals surface area contributed by atoms with E-state index in [2.05, 4.69) is 63.9 Å². The van der Waals surface area contributed by atoms with Gasteiger partial charge in [0.15, 0.2) is 0 Å². The van der Waals surface area contributed by atoms with Crippen LogP contribution in [0.15, 0.2) is 39.5 Å². The molecule has 78 valence electrons. The quantitative estimate of drug-likeness (QED) is 0.878. The van der Waals surface area contributed by atoms with Gasteiger partial charge in [0.1, 0.15) is 0 Å². The van der Waals surface area contributed by atoms with Gasteiger partial charge in [-0.1, -0.05) is 18.2 Å². The van der Waals surface area contributed by atoms with Gasteiger partial charge in [0.05, 0.1) is 3.79 Å². The Bertz CT molecular complexity index is 450. The summed E-state index contributed by atoms with van der Waals surface area (Å²) in [5.41, 5.74) is 3.81. The molecule has 0 aliphatic heterocycles. The van der Waals surface area contributed by atoms with Gasteiger partial charge in [0.25, 0.3) is 0 Å². The number of nitrogens with one attached hydrogen (secondary N) is 1. The minimum absolute atomic E-state index is 0.882. The van der Waals surface area contributed by atoms with E-state index in [0.29, 0.717) is 0 Å². The van der Waals surface area contributed by atoms with Crippen LogP contribution in [0.2, 0.25) is 0 Å². The topological polar surface area (TPSA) is 12.0 Å². The van der Waals surface area contributed by atoms with Crippen LogP contribution in [-0.4, -0.2) is 0 Å². The van der Waals surface area contributed by atoms with Gasteiger partial charge < -0.3 is 5.32 Å². The van der Waals surface area contributed by atoms with Crippen LogP contribution in [0.25, 0.3) is 0 Å². The zero-order valence-electron chi connectivity index (χ0n) is 8.46. The number of hydrogen-bond donors (Lipinski definition) is 1. The first kappa shape index (κ1) is 10.7. The second-order valence-electron chi connectivity index (χ2n) is 3.43. The average Bonchev–Trinajstić information content (AvgIpc) is 2.63. The van der Waals surface area contributed by atoms with Crippen molar-refractivity contribution in [2.24, 2.45) is 0 Å². The fraction of sp³-hybridized carbons (Fsp3) is 0.167. The van der Waals surface area contributed by atoms with Crippen molar-refractivity contribution >= 4 is 33.0 Å². The number of para-hydroxylation sites is 1. The highest BCUT2D eigenvalue weighted by molar-refractivity contribution is 9.11. The van der Waals surface area contributed by atoms with E-state index in [1.165, 1.54) is 20.6 Å². The third kappa shape index (κ3) is 2.83. The first-order chi connectivity index (χ1) is 7.25. The Morgan fingerprint density at radius 1 is 1.33 bits per heavy atom. The second-order valence-corrected chi connectivity index (χ2v) is 5.72. The molecule has 3 heteroatoms. The zero-order chi connectivity index (χ0) is 10.7. The summed E-state index contributed by atoms with van der Waals surface area (Å²) in [5, 5.41) is 5.59. The van der Waals surface area contributed by atoms with Crippen molar-refractivity contribution in [1.29, 1.82) is 0 Å². The van der Waals surface area contributed by atoms with Gasteiger partial charge >= 0.3 is 0 Å². The number of aryl methyl sites for hydroxylation is 1. The molecule has 0 aliphatic carbocycles. The van der Waals surface area contributed by atoms with Crippen LogP contribution in [-0.2, 0) is 6.54 Å². The van der Waals surface area contributed by atoms with E-state index in [0.717, 1.165) is 6.54 Å². The summed E-state index contributed by atoms with van der Waals surface area (Å²) in [5.74, 6) is 0. The lowest BCUT2D eigenvalue weighted by Gasteiger charge is -2.07. The van der Waals surface area contributed by atoms with E-state index < -0.39 is 0 Å². The molecular formula is C12H12BrNS. The molecule has 0 unspecified atom stereocenters. The van der Waals surface area contributed by atoms with Crippen LogP contribution < -0.4 is 5.32 Å². The Balaban J connectivity index is 2.02. The van der Waals surface area contributed by atoms with Crippen molar-refractivity contribution in [3.63, 3.8) is 0 Å². The highest BCUT2D eigenvalue weighted by Crippen LogP contribution is 2.22. The minimum Gasteiger partial charge on any atom is -0.381 e. The lowest BCUT2D eigenvalue weighted by Crippen LogP contribution is -1.99. The molecule has 0 spiro atoms. The lowest BCUT2D eigenvalue weighted by molar-refractivity contribution is 1.15. The zero-order valence-corrected chi connectivity index (χ0v) is 10.9. The Hall–Kier alpha value is -0.800. The van der Waals surface area contributed by atoms with E-state index in [1.54, 1.807) is 11.3 Å². The summed E-state index contributed by atoms with van der Waals surface area (Å²) in [7, 11) is 0. The molecule has 0 saturated carbocycles. The van der Waals surface area contributed by atoms with Crippen molar-refractivity contribution in [2.45, 2.75) is 13.5 Å². The van der Waals surface area contributed by atoms with Crippen molar-refractivity contribution in [3.05, 3.63) is 50.6 Å². The number of anilines is 1. The molecule has 0 atom stereocenters. The van der Waals surface area contributed by atoms with Crippen LogP contribution in [0.3, 0.4) is 0 Å². The molecule has 0 amide bonds. The number of benzene rings is 1. The molecule has 0 saturated heterocycles. The number of rotatable bonds is 3. The summed E-state index contributed by atoms with van der Waals surface area (Å²) in [6.45, 7) is 3.00. The van der Waals surface area contributed by atoms with E-state index in [1.807, 2.05) is 0 Å². The number of hydrogen-bond acceptors (Lipinski definition) is 2. The summed E-state index contributed by atoms with van der Waals surface area (Å²) < 4.78 is 1.18. The molecular weight excluding hydrogens is 270 g/mol. The van der Waals surface area contributed by atoms with Gasteiger partial charge in [0.2, 0.25) is 0 Å². The minimum atomic E-state index is 0.882. The van der Waals surface area contributed by atoms with Gasteiger partial charge in [0, 0.05) is 12.2 Å². The third-order valence-electron chi connectivity index (χ3n) is 2.25. The highest BCUT2D eigenvalue weighted by atomic mass is 79.9. The molecule has 1 heterocycles. The Kier molecular flexibility index (Phi) is 3.44. The summed E-state index contributed by atoms with van der Waals surface area (Å²) in [6.07, 6.45) is 0. The third-order valence-corrected chi connectivity index (χ3v) is 3.80. The maximum absolute atomic E-state index is 3.46. The van der Waals surface area contributed by atoms with Crippen molar-refractivity contribution in [2.75, 3.05) is 5.32 Å². The van der Waals surface area contributed by atoms with Crippen LogP contribution in [0.1, 0.15) is 11.1 Å². The molecule has 15 heavy (non-hydrogen) atoms. The highest BCUT2D eigenvalue weighted by Gasteiger charge is 1.98. The molecule has 1 N–H and O–H groups in total. The summed E-state index contributed by atoms with van der Waals surface area (Å²) in [4.78, 5) is 0. The summed E-state index contributed by atoms with van der Waals surface area (Å²) >= 11 is 5.18. The molecule has 0 radical (unpaired) electrons. The normalized spacial score (nSPS) is 10.3. The summed E-state index contributed by atoms with van der Waals surface area (Å²) in [6, 6.07) is 10.5. The van der Waals surface area contributed by atoms with Crippen LogP contribution in [0, 0.1) is 6.92 Å². The van der Waals surface area contributed by atoms with E-state index in [-0.39, 0.29) is 0 Å². The van der Waals surface area contributed by atoms with Gasteiger partial charge in [-0.15, -0.1) is 11.3 Å². The molecule has 1 nitrogen and oxygen atoms in total. The van der Waals surface area contributed by atoms with Crippen molar-refractivity contribution in [3.8, 4) is 0 Å². The predicted octanol–water partition coefficient (Wildman–Crippen LogP) is 4.43. The van der Waals surface area contributed by atoms with Gasteiger partial charge in [-0.25, -0.2) is 0 Å². The van der Waals surface area contributed by atoms with E-state index in [9.17, 15) is 0 Å². The van der Waals surface area contributed by atoms with Crippen LogP contribution in [0.4, 0.5) is 5.69 Å². The maximum atomic E-state index is 3.46. The van der Waals surface area contributed by atoms with Crippen LogP contribution >= 0.6 is 27.3 Å². The Morgan fingerprint density at radius 2 is 2.13 bits per heavy atom. The lowest BCUT2D eigenvalue weighted by atomic mass is 10.2. The first-order valence-corrected chi connectivity index (χ1v) is 6.45. The number of halogens is 1. The number of thiophene rings is 1. The van der Waals surface area contributed by atoms with E-state index >= 15 is 0 Å². The van der Waals surface area contributed by atoms with Crippen LogP contribution in [0.5, 0.6) is 0 Å². The van der Waals surface area contributed by atoms with Gasteiger partial charge in [-0.2, -0.15) is 0 Å². The predicted molar refractivity (Wildman–Crippen MR) is 70.5 cm³/mol. The van der Waals surface area contributed by atoms with Crippen molar-refractivity contribution in [1.82, 2.24) is 0 Å². The standard InChI is InChI=1S/C12H12BrNS/c1-9-4-2-3-5-11(9)14-7-10-6-12(13)15-8-10/h2-6,8,14H,7H2,1H3. The fourth-order valence-electron chi connectivity index (χ4n) is 1.41. The molecule has 0 fully saturated rings. The smallest absolute Gasteiger partial charge is 0.0701 e. The molecule has 0 aliphatic rings. The molecule has 2 aromatic rings.